The summed E-state index contributed by atoms with van der Waals surface area (Å²) in [6, 6.07) is 13.3. The second kappa shape index (κ2) is 8.41. The van der Waals surface area contributed by atoms with Gasteiger partial charge in [-0.25, -0.2) is 13.4 Å². The zero-order valence-corrected chi connectivity index (χ0v) is 19.2. The lowest BCUT2D eigenvalue weighted by Gasteiger charge is -2.26. The molecule has 4 heterocycles. The van der Waals surface area contributed by atoms with E-state index in [2.05, 4.69) is 15.4 Å². The van der Waals surface area contributed by atoms with Crippen molar-refractivity contribution in [3.8, 4) is 11.3 Å². The lowest BCUT2D eigenvalue weighted by Crippen LogP contribution is -2.44. The van der Waals surface area contributed by atoms with Crippen LogP contribution in [0.4, 0.5) is 5.69 Å². The number of rotatable bonds is 4. The Balaban J connectivity index is 1.37. The number of benzene rings is 1. The van der Waals surface area contributed by atoms with Crippen LogP contribution < -0.4 is 5.32 Å². The first-order chi connectivity index (χ1) is 16.3. The van der Waals surface area contributed by atoms with E-state index in [4.69, 9.17) is 0 Å². The Morgan fingerprint density at radius 2 is 1.79 bits per heavy atom. The number of nitrogens with one attached hydrogen (secondary N) is 1. The van der Waals surface area contributed by atoms with E-state index >= 15 is 0 Å². The molecule has 0 bridgehead atoms. The number of imidazole rings is 1. The first-order valence-corrected chi connectivity index (χ1v) is 12.5. The number of fused-ring (bicyclic) bond motifs is 1. The molecular formula is C23H22N6O4S. The molecule has 1 N–H and O–H groups in total. The highest BCUT2D eigenvalue weighted by atomic mass is 32.2. The summed E-state index contributed by atoms with van der Waals surface area (Å²) in [5, 5.41) is 6.90. The van der Waals surface area contributed by atoms with Crippen LogP contribution in [0.25, 0.3) is 16.9 Å². The molecule has 0 radical (unpaired) electrons. The SMILES string of the molecule is Cn1ncc(C(=O)N2CCS(=O)(=O)CC2)c1C(=O)Nc1ccn2cc(-c3ccccc3)nc2c1. The van der Waals surface area contributed by atoms with Gasteiger partial charge in [-0.3, -0.25) is 14.3 Å². The quantitative estimate of drug-likeness (QED) is 0.478. The minimum Gasteiger partial charge on any atom is -0.336 e. The lowest BCUT2D eigenvalue weighted by atomic mass is 10.2. The fourth-order valence-corrected chi connectivity index (χ4v) is 5.15. The van der Waals surface area contributed by atoms with Crippen molar-refractivity contribution in [3.63, 3.8) is 0 Å². The molecule has 1 fully saturated rings. The lowest BCUT2D eigenvalue weighted by molar-refractivity contribution is 0.0765. The van der Waals surface area contributed by atoms with Gasteiger partial charge in [-0.2, -0.15) is 5.10 Å². The number of nitrogens with zero attached hydrogens (tertiary/aromatic N) is 5. The molecule has 0 saturated carbocycles. The Morgan fingerprint density at radius 1 is 1.06 bits per heavy atom. The summed E-state index contributed by atoms with van der Waals surface area (Å²) in [7, 11) is -1.55. The van der Waals surface area contributed by atoms with Crippen molar-refractivity contribution < 1.29 is 18.0 Å². The van der Waals surface area contributed by atoms with E-state index in [1.54, 1.807) is 25.4 Å². The van der Waals surface area contributed by atoms with Crippen molar-refractivity contribution in [2.45, 2.75) is 0 Å². The van der Waals surface area contributed by atoms with Crippen LogP contribution in [-0.2, 0) is 16.9 Å². The average Bonchev–Trinajstić information content (AvgIpc) is 3.42. The Morgan fingerprint density at radius 3 is 2.53 bits per heavy atom. The van der Waals surface area contributed by atoms with Crippen molar-refractivity contribution in [3.05, 3.63) is 72.3 Å². The van der Waals surface area contributed by atoms with Crippen molar-refractivity contribution in [1.29, 1.82) is 0 Å². The summed E-state index contributed by atoms with van der Waals surface area (Å²) in [5.74, 6) is -1.08. The molecule has 1 aliphatic heterocycles. The standard InChI is InChI=1S/C23H22N6O4S/c1-27-21(18(14-24-27)23(31)28-9-11-34(32,33)12-10-28)22(30)25-17-7-8-29-15-19(26-20(29)13-17)16-5-3-2-4-6-16/h2-8,13-15H,9-12H2,1H3,(H,25,30). The molecule has 10 nitrogen and oxygen atoms in total. The highest BCUT2D eigenvalue weighted by molar-refractivity contribution is 7.91. The first-order valence-electron chi connectivity index (χ1n) is 10.7. The van der Waals surface area contributed by atoms with Gasteiger partial charge in [0.15, 0.2) is 9.84 Å². The molecule has 2 amide bonds. The maximum absolute atomic E-state index is 13.1. The fraction of sp³-hybridized carbons (Fsp3) is 0.217. The number of amides is 2. The normalized spacial score (nSPS) is 15.4. The molecule has 1 aromatic carbocycles. The molecule has 0 unspecified atom stereocenters. The van der Waals surface area contributed by atoms with E-state index in [0.29, 0.717) is 11.3 Å². The fourth-order valence-electron chi connectivity index (χ4n) is 3.95. The van der Waals surface area contributed by atoms with Crippen LogP contribution in [0.1, 0.15) is 20.8 Å². The van der Waals surface area contributed by atoms with E-state index in [1.807, 2.05) is 40.9 Å². The Labute approximate surface area is 195 Å². The van der Waals surface area contributed by atoms with Crippen LogP contribution in [0.5, 0.6) is 0 Å². The van der Waals surface area contributed by atoms with E-state index in [9.17, 15) is 18.0 Å². The number of pyridine rings is 1. The van der Waals surface area contributed by atoms with Crippen LogP contribution in [0.2, 0.25) is 0 Å². The number of sulfone groups is 1. The third-order valence-corrected chi connectivity index (χ3v) is 7.41. The summed E-state index contributed by atoms with van der Waals surface area (Å²) in [4.78, 5) is 32.2. The minimum absolute atomic E-state index is 0.0875. The Hall–Kier alpha value is -3.99. The summed E-state index contributed by atoms with van der Waals surface area (Å²) >= 11 is 0. The third kappa shape index (κ3) is 4.17. The number of aromatic nitrogens is 4. The van der Waals surface area contributed by atoms with Crippen LogP contribution >= 0.6 is 0 Å². The average molecular weight is 479 g/mol. The van der Waals surface area contributed by atoms with Gasteiger partial charge in [0, 0.05) is 49.8 Å². The van der Waals surface area contributed by atoms with Crippen molar-refractivity contribution in [1.82, 2.24) is 24.1 Å². The molecule has 34 heavy (non-hydrogen) atoms. The largest absolute Gasteiger partial charge is 0.336 e. The predicted molar refractivity (Wildman–Crippen MR) is 126 cm³/mol. The van der Waals surface area contributed by atoms with Gasteiger partial charge in [0.25, 0.3) is 11.8 Å². The number of hydrogen-bond acceptors (Lipinski definition) is 6. The minimum atomic E-state index is -3.13. The van der Waals surface area contributed by atoms with Gasteiger partial charge in [0.05, 0.1) is 29.0 Å². The van der Waals surface area contributed by atoms with Crippen molar-refractivity contribution in [2.75, 3.05) is 29.9 Å². The number of carbonyl (C=O) groups excluding carboxylic acids is 2. The molecule has 1 aliphatic rings. The zero-order chi connectivity index (χ0) is 23.9. The van der Waals surface area contributed by atoms with Gasteiger partial charge in [-0.15, -0.1) is 0 Å². The highest BCUT2D eigenvalue weighted by Gasteiger charge is 2.30. The highest BCUT2D eigenvalue weighted by Crippen LogP contribution is 2.21. The summed E-state index contributed by atoms with van der Waals surface area (Å²) in [6.07, 6.45) is 5.05. The van der Waals surface area contributed by atoms with E-state index < -0.39 is 21.7 Å². The molecule has 0 aliphatic carbocycles. The second-order valence-electron chi connectivity index (χ2n) is 8.10. The molecule has 0 spiro atoms. The molecule has 0 atom stereocenters. The monoisotopic (exact) mass is 478 g/mol. The molecular weight excluding hydrogens is 456 g/mol. The van der Waals surface area contributed by atoms with Crippen LogP contribution in [0.3, 0.4) is 0 Å². The van der Waals surface area contributed by atoms with Crippen LogP contribution in [0.15, 0.2) is 61.1 Å². The maximum Gasteiger partial charge on any atom is 0.274 e. The van der Waals surface area contributed by atoms with E-state index in [-0.39, 0.29) is 35.9 Å². The second-order valence-corrected chi connectivity index (χ2v) is 10.4. The first kappa shape index (κ1) is 21.8. The van der Waals surface area contributed by atoms with Crippen LogP contribution in [-0.4, -0.2) is 68.9 Å². The smallest absolute Gasteiger partial charge is 0.274 e. The molecule has 5 rings (SSSR count). The van der Waals surface area contributed by atoms with E-state index in [1.165, 1.54) is 15.8 Å². The third-order valence-electron chi connectivity index (χ3n) is 5.80. The van der Waals surface area contributed by atoms with Gasteiger partial charge >= 0.3 is 0 Å². The van der Waals surface area contributed by atoms with Gasteiger partial charge < -0.3 is 14.6 Å². The molecule has 4 aromatic rings. The number of anilines is 1. The summed E-state index contributed by atoms with van der Waals surface area (Å²) in [5.41, 5.74) is 3.21. The van der Waals surface area contributed by atoms with Gasteiger partial charge in [0.1, 0.15) is 11.3 Å². The number of aryl methyl sites for hydroxylation is 1. The van der Waals surface area contributed by atoms with Gasteiger partial charge in [-0.05, 0) is 6.07 Å². The van der Waals surface area contributed by atoms with Crippen molar-refractivity contribution in [2.24, 2.45) is 7.05 Å². The topological polar surface area (TPSA) is 119 Å². The molecule has 11 heteroatoms. The van der Waals surface area contributed by atoms with Gasteiger partial charge in [-0.1, -0.05) is 30.3 Å². The molecule has 174 valence electrons. The number of hydrogen-bond donors (Lipinski definition) is 1. The Bertz CT molecular complexity index is 1490. The van der Waals surface area contributed by atoms with Gasteiger partial charge in [0.2, 0.25) is 0 Å². The van der Waals surface area contributed by atoms with Crippen LogP contribution in [0, 0.1) is 0 Å². The summed E-state index contributed by atoms with van der Waals surface area (Å²) < 4.78 is 26.6. The summed E-state index contributed by atoms with van der Waals surface area (Å²) in [6.45, 7) is 0.189. The molecule has 3 aromatic heterocycles. The van der Waals surface area contributed by atoms with E-state index in [0.717, 1.165) is 11.3 Å². The predicted octanol–water partition coefficient (Wildman–Crippen LogP) is 1.86. The molecule has 1 saturated heterocycles. The number of carbonyl (C=O) groups is 2. The zero-order valence-electron chi connectivity index (χ0n) is 18.4. The van der Waals surface area contributed by atoms with Crippen molar-refractivity contribution >= 4 is 33.0 Å². The Kier molecular flexibility index (Phi) is 5.40. The maximum atomic E-state index is 13.1.